The van der Waals surface area contributed by atoms with Gasteiger partial charge in [0.05, 0.1) is 0 Å². The zero-order chi connectivity index (χ0) is 16.9. The van der Waals surface area contributed by atoms with Gasteiger partial charge in [-0.25, -0.2) is 4.79 Å². The highest BCUT2D eigenvalue weighted by Crippen LogP contribution is 2.39. The maximum absolute atomic E-state index is 12.6. The number of rotatable bonds is 5. The standard InChI is InChI=1S/C19H19NO3S/c21-17-11-12-24-18(15-9-5-2-6-10-15)20(17)16(19(22)23)13-14-7-3-1-4-8-14/h1-10,16,18H,11-13H2,(H,22,23). The molecule has 1 N–H and O–H groups in total. The van der Waals surface area contributed by atoms with Crippen LogP contribution < -0.4 is 0 Å². The van der Waals surface area contributed by atoms with E-state index in [1.807, 2.05) is 60.7 Å². The Bertz CT molecular complexity index is 705. The minimum atomic E-state index is -0.962. The Morgan fingerprint density at radius 2 is 1.75 bits per heavy atom. The van der Waals surface area contributed by atoms with Gasteiger partial charge in [0.15, 0.2) is 0 Å². The van der Waals surface area contributed by atoms with Crippen LogP contribution in [0.3, 0.4) is 0 Å². The summed E-state index contributed by atoms with van der Waals surface area (Å²) >= 11 is 1.63. The number of carboxylic acids is 1. The van der Waals surface area contributed by atoms with E-state index in [1.165, 1.54) is 0 Å². The Labute approximate surface area is 145 Å². The Hall–Kier alpha value is -2.27. The highest BCUT2D eigenvalue weighted by molar-refractivity contribution is 7.99. The average Bonchev–Trinajstić information content (AvgIpc) is 2.61. The van der Waals surface area contributed by atoms with Crippen LogP contribution in [0.15, 0.2) is 60.7 Å². The van der Waals surface area contributed by atoms with Crippen molar-refractivity contribution < 1.29 is 14.7 Å². The molecule has 3 rings (SSSR count). The third kappa shape index (κ3) is 3.62. The van der Waals surface area contributed by atoms with Crippen LogP contribution >= 0.6 is 11.8 Å². The van der Waals surface area contributed by atoms with Crippen LogP contribution in [-0.4, -0.2) is 33.7 Å². The first kappa shape index (κ1) is 16.6. The number of carbonyl (C=O) groups excluding carboxylic acids is 1. The zero-order valence-electron chi connectivity index (χ0n) is 13.2. The molecule has 1 heterocycles. The summed E-state index contributed by atoms with van der Waals surface area (Å²) in [5.74, 6) is -0.339. The van der Waals surface area contributed by atoms with Gasteiger partial charge >= 0.3 is 5.97 Å². The smallest absolute Gasteiger partial charge is 0.326 e. The van der Waals surface area contributed by atoms with E-state index < -0.39 is 12.0 Å². The molecular formula is C19H19NO3S. The first-order valence-electron chi connectivity index (χ1n) is 7.91. The molecule has 24 heavy (non-hydrogen) atoms. The van der Waals surface area contributed by atoms with Gasteiger partial charge in [-0.2, -0.15) is 0 Å². The summed E-state index contributed by atoms with van der Waals surface area (Å²) in [5.41, 5.74) is 1.88. The van der Waals surface area contributed by atoms with Gasteiger partial charge in [0.1, 0.15) is 11.4 Å². The number of thioether (sulfide) groups is 1. The second-order valence-electron chi connectivity index (χ2n) is 5.73. The average molecular weight is 341 g/mol. The summed E-state index contributed by atoms with van der Waals surface area (Å²) < 4.78 is 0. The zero-order valence-corrected chi connectivity index (χ0v) is 14.0. The van der Waals surface area contributed by atoms with Gasteiger partial charge in [-0.15, -0.1) is 11.8 Å². The lowest BCUT2D eigenvalue weighted by Crippen LogP contribution is -2.49. The van der Waals surface area contributed by atoms with Crippen LogP contribution in [0.1, 0.15) is 22.9 Å². The van der Waals surface area contributed by atoms with Crippen molar-refractivity contribution in [2.75, 3.05) is 5.75 Å². The Morgan fingerprint density at radius 1 is 1.12 bits per heavy atom. The molecule has 1 aliphatic rings. The number of hydrogen-bond donors (Lipinski definition) is 1. The maximum atomic E-state index is 12.6. The molecule has 2 aromatic rings. The van der Waals surface area contributed by atoms with Crippen molar-refractivity contribution in [2.45, 2.75) is 24.3 Å². The van der Waals surface area contributed by atoms with E-state index in [0.717, 1.165) is 11.1 Å². The number of nitrogens with zero attached hydrogens (tertiary/aromatic N) is 1. The number of benzene rings is 2. The number of amides is 1. The molecule has 0 spiro atoms. The third-order valence-electron chi connectivity index (χ3n) is 4.11. The number of carboxylic acid groups (broad SMARTS) is 1. The molecule has 4 nitrogen and oxygen atoms in total. The monoisotopic (exact) mass is 341 g/mol. The quantitative estimate of drug-likeness (QED) is 0.906. The predicted molar refractivity (Wildman–Crippen MR) is 94.7 cm³/mol. The lowest BCUT2D eigenvalue weighted by atomic mass is 10.0. The molecule has 2 aromatic carbocycles. The van der Waals surface area contributed by atoms with Crippen LogP contribution in [0.4, 0.5) is 0 Å². The van der Waals surface area contributed by atoms with Crippen LogP contribution in [-0.2, 0) is 16.0 Å². The van der Waals surface area contributed by atoms with E-state index in [2.05, 4.69) is 0 Å². The van der Waals surface area contributed by atoms with Gasteiger partial charge in [-0.05, 0) is 11.1 Å². The van der Waals surface area contributed by atoms with E-state index in [9.17, 15) is 14.7 Å². The molecule has 2 unspecified atom stereocenters. The normalized spacial score (nSPS) is 19.1. The van der Waals surface area contributed by atoms with Crippen molar-refractivity contribution in [3.8, 4) is 0 Å². The molecule has 124 valence electrons. The predicted octanol–water partition coefficient (Wildman–Crippen LogP) is 3.35. The van der Waals surface area contributed by atoms with Crippen molar-refractivity contribution in [1.29, 1.82) is 0 Å². The maximum Gasteiger partial charge on any atom is 0.326 e. The second-order valence-corrected chi connectivity index (χ2v) is 6.92. The van der Waals surface area contributed by atoms with E-state index >= 15 is 0 Å². The minimum absolute atomic E-state index is 0.0917. The fourth-order valence-corrected chi connectivity index (χ4v) is 4.24. The molecule has 1 amide bonds. The minimum Gasteiger partial charge on any atom is -0.480 e. The van der Waals surface area contributed by atoms with Gasteiger partial charge in [-0.3, -0.25) is 4.79 Å². The summed E-state index contributed by atoms with van der Waals surface area (Å²) in [7, 11) is 0. The third-order valence-corrected chi connectivity index (χ3v) is 5.36. The number of carbonyl (C=O) groups is 2. The van der Waals surface area contributed by atoms with Crippen LogP contribution in [0.25, 0.3) is 0 Å². The van der Waals surface area contributed by atoms with Gasteiger partial charge in [0.2, 0.25) is 5.91 Å². The summed E-state index contributed by atoms with van der Waals surface area (Å²) in [4.78, 5) is 26.0. The molecule has 0 saturated carbocycles. The first-order valence-corrected chi connectivity index (χ1v) is 8.96. The van der Waals surface area contributed by atoms with Gasteiger partial charge in [-0.1, -0.05) is 60.7 Å². The van der Waals surface area contributed by atoms with E-state index in [-0.39, 0.29) is 11.3 Å². The number of hydrogen-bond acceptors (Lipinski definition) is 3. The summed E-state index contributed by atoms with van der Waals surface area (Å²) in [6, 6.07) is 18.2. The molecule has 0 aromatic heterocycles. The molecular weight excluding hydrogens is 322 g/mol. The Balaban J connectivity index is 1.93. The van der Waals surface area contributed by atoms with Gasteiger partial charge < -0.3 is 10.0 Å². The van der Waals surface area contributed by atoms with E-state index in [4.69, 9.17) is 0 Å². The van der Waals surface area contributed by atoms with Crippen LogP contribution in [0.2, 0.25) is 0 Å². The molecule has 2 atom stereocenters. The molecule has 5 heteroatoms. The lowest BCUT2D eigenvalue weighted by molar-refractivity contribution is -0.151. The van der Waals surface area contributed by atoms with Crippen LogP contribution in [0, 0.1) is 0 Å². The van der Waals surface area contributed by atoms with E-state index in [1.54, 1.807) is 16.7 Å². The largest absolute Gasteiger partial charge is 0.480 e. The topological polar surface area (TPSA) is 57.6 Å². The lowest BCUT2D eigenvalue weighted by Gasteiger charge is -2.39. The van der Waals surface area contributed by atoms with Crippen molar-refractivity contribution >= 4 is 23.6 Å². The van der Waals surface area contributed by atoms with Crippen molar-refractivity contribution in [3.05, 3.63) is 71.8 Å². The van der Waals surface area contributed by atoms with Gasteiger partial charge in [0, 0.05) is 18.6 Å². The molecule has 1 aliphatic heterocycles. The fourth-order valence-electron chi connectivity index (χ4n) is 2.95. The summed E-state index contributed by atoms with van der Waals surface area (Å²) in [6.07, 6.45) is 0.693. The van der Waals surface area contributed by atoms with Crippen molar-refractivity contribution in [1.82, 2.24) is 4.90 Å². The summed E-state index contributed by atoms with van der Waals surface area (Å²) in [5, 5.41) is 9.51. The van der Waals surface area contributed by atoms with Crippen LogP contribution in [0.5, 0.6) is 0 Å². The molecule has 1 saturated heterocycles. The van der Waals surface area contributed by atoms with Crippen molar-refractivity contribution in [3.63, 3.8) is 0 Å². The molecule has 0 aliphatic carbocycles. The Morgan fingerprint density at radius 3 is 2.38 bits per heavy atom. The molecule has 1 fully saturated rings. The van der Waals surface area contributed by atoms with Gasteiger partial charge in [0.25, 0.3) is 0 Å². The number of aliphatic carboxylic acids is 1. The first-order chi connectivity index (χ1) is 11.7. The van der Waals surface area contributed by atoms with E-state index in [0.29, 0.717) is 18.6 Å². The molecule has 0 bridgehead atoms. The highest BCUT2D eigenvalue weighted by atomic mass is 32.2. The molecule has 0 radical (unpaired) electrons. The SMILES string of the molecule is O=C(O)C(Cc1ccccc1)N1C(=O)CCSC1c1ccccc1. The summed E-state index contributed by atoms with van der Waals surface area (Å²) in [6.45, 7) is 0. The fraction of sp³-hybridized carbons (Fsp3) is 0.263. The van der Waals surface area contributed by atoms with Crippen molar-refractivity contribution in [2.24, 2.45) is 0 Å². The second kappa shape index (κ2) is 7.53. The Kier molecular flexibility index (Phi) is 5.20. The highest BCUT2D eigenvalue weighted by Gasteiger charge is 2.38.